The molecule has 0 amide bonds. The standard InChI is InChI=1S/C18H39N.C14H22O2/c1-2-3-4-5-6-7-8-9-10-11-12-13-14-15-16-17-18-19;1-13(2,3)9-7-12(16)10(8-11(9)15)14(4,5)6/h2-19H2,1H3;7-8,15-16H,1-6H3. The molecule has 0 bridgehead atoms. The number of aromatic hydroxyl groups is 2. The fourth-order valence-electron chi connectivity index (χ4n) is 4.47. The summed E-state index contributed by atoms with van der Waals surface area (Å²) in [6, 6.07) is 3.35. The summed E-state index contributed by atoms with van der Waals surface area (Å²) in [4.78, 5) is 0. The number of hydrogen-bond donors (Lipinski definition) is 3. The van der Waals surface area contributed by atoms with Gasteiger partial charge in [-0.1, -0.05) is 145 Å². The van der Waals surface area contributed by atoms with Gasteiger partial charge in [0.2, 0.25) is 0 Å². The molecular weight excluding hydrogens is 430 g/mol. The third-order valence-electron chi connectivity index (χ3n) is 6.79. The van der Waals surface area contributed by atoms with Crippen molar-refractivity contribution in [2.75, 3.05) is 6.54 Å². The van der Waals surface area contributed by atoms with E-state index >= 15 is 0 Å². The van der Waals surface area contributed by atoms with Gasteiger partial charge in [0.05, 0.1) is 0 Å². The third-order valence-corrected chi connectivity index (χ3v) is 6.79. The molecule has 0 saturated carbocycles. The van der Waals surface area contributed by atoms with Crippen LogP contribution >= 0.6 is 0 Å². The van der Waals surface area contributed by atoms with E-state index in [9.17, 15) is 10.2 Å². The lowest BCUT2D eigenvalue weighted by atomic mass is 9.81. The Labute approximate surface area is 219 Å². The number of phenols is 2. The molecule has 0 heterocycles. The predicted octanol–water partition coefficient (Wildman–Crippen LogP) is 9.90. The Morgan fingerprint density at radius 1 is 0.514 bits per heavy atom. The van der Waals surface area contributed by atoms with Crippen LogP contribution < -0.4 is 5.73 Å². The molecule has 1 aromatic carbocycles. The van der Waals surface area contributed by atoms with Crippen molar-refractivity contribution in [3.8, 4) is 11.5 Å². The molecule has 206 valence electrons. The fraction of sp³-hybridized carbons (Fsp3) is 0.812. The lowest BCUT2D eigenvalue weighted by Gasteiger charge is -2.25. The maximum Gasteiger partial charge on any atom is 0.119 e. The van der Waals surface area contributed by atoms with E-state index in [1.807, 2.05) is 41.5 Å². The van der Waals surface area contributed by atoms with Gasteiger partial charge in [0.15, 0.2) is 0 Å². The molecule has 0 spiro atoms. The van der Waals surface area contributed by atoms with Crippen molar-refractivity contribution < 1.29 is 10.2 Å². The van der Waals surface area contributed by atoms with Crippen LogP contribution in [0.2, 0.25) is 0 Å². The highest BCUT2D eigenvalue weighted by atomic mass is 16.3. The molecule has 0 aliphatic rings. The second kappa shape index (κ2) is 19.0. The van der Waals surface area contributed by atoms with Gasteiger partial charge >= 0.3 is 0 Å². The van der Waals surface area contributed by atoms with E-state index in [2.05, 4.69) is 6.92 Å². The van der Waals surface area contributed by atoms with Crippen LogP contribution in [0.25, 0.3) is 0 Å². The largest absolute Gasteiger partial charge is 0.508 e. The number of hydrogen-bond acceptors (Lipinski definition) is 3. The van der Waals surface area contributed by atoms with E-state index in [1.54, 1.807) is 12.1 Å². The van der Waals surface area contributed by atoms with Crippen LogP contribution in [0.4, 0.5) is 0 Å². The van der Waals surface area contributed by atoms with Crippen molar-refractivity contribution in [1.29, 1.82) is 0 Å². The number of rotatable bonds is 16. The minimum absolute atomic E-state index is 0.169. The van der Waals surface area contributed by atoms with Crippen molar-refractivity contribution in [3.63, 3.8) is 0 Å². The van der Waals surface area contributed by atoms with Crippen molar-refractivity contribution in [1.82, 2.24) is 0 Å². The summed E-state index contributed by atoms with van der Waals surface area (Å²) < 4.78 is 0. The Bertz CT molecular complexity index is 584. The van der Waals surface area contributed by atoms with Crippen LogP contribution in [-0.4, -0.2) is 16.8 Å². The molecule has 0 atom stereocenters. The van der Waals surface area contributed by atoms with E-state index in [0.717, 1.165) is 17.7 Å². The van der Waals surface area contributed by atoms with E-state index in [4.69, 9.17) is 5.73 Å². The summed E-state index contributed by atoms with van der Waals surface area (Å²) in [5.41, 5.74) is 6.70. The Balaban J connectivity index is 0.000000669. The van der Waals surface area contributed by atoms with E-state index in [1.165, 1.54) is 103 Å². The second-order valence-corrected chi connectivity index (χ2v) is 12.5. The molecular formula is C32H61NO2. The zero-order valence-corrected chi connectivity index (χ0v) is 24.6. The first-order chi connectivity index (χ1) is 16.4. The SMILES string of the molecule is CC(C)(C)c1cc(O)c(C(C)(C)C)cc1O.CCCCCCCCCCCCCCCCCCN. The monoisotopic (exact) mass is 491 g/mol. The van der Waals surface area contributed by atoms with Gasteiger partial charge in [-0.2, -0.15) is 0 Å². The number of phenolic OH excluding ortho intramolecular Hbond substituents is 2. The average molecular weight is 492 g/mol. The highest BCUT2D eigenvalue weighted by molar-refractivity contribution is 5.50. The second-order valence-electron chi connectivity index (χ2n) is 12.5. The van der Waals surface area contributed by atoms with Crippen LogP contribution in [0.1, 0.15) is 162 Å². The summed E-state index contributed by atoms with van der Waals surface area (Å²) in [5, 5.41) is 20.0. The van der Waals surface area contributed by atoms with Crippen LogP contribution in [0.3, 0.4) is 0 Å². The Hall–Kier alpha value is -1.22. The third kappa shape index (κ3) is 17.0. The number of benzene rings is 1. The first-order valence-corrected chi connectivity index (χ1v) is 14.7. The molecule has 0 unspecified atom stereocenters. The Morgan fingerprint density at radius 2 is 0.771 bits per heavy atom. The maximum absolute atomic E-state index is 10.0. The van der Waals surface area contributed by atoms with Crippen LogP contribution in [0, 0.1) is 0 Å². The molecule has 0 radical (unpaired) electrons. The van der Waals surface area contributed by atoms with Crippen LogP contribution in [0.5, 0.6) is 11.5 Å². The summed E-state index contributed by atoms with van der Waals surface area (Å²) in [7, 11) is 0. The zero-order valence-electron chi connectivity index (χ0n) is 24.6. The number of unbranched alkanes of at least 4 members (excludes halogenated alkanes) is 15. The molecule has 0 fully saturated rings. The fourth-order valence-corrected chi connectivity index (χ4v) is 4.47. The molecule has 3 heteroatoms. The van der Waals surface area contributed by atoms with E-state index in [0.29, 0.717) is 0 Å². The zero-order chi connectivity index (χ0) is 26.7. The van der Waals surface area contributed by atoms with E-state index < -0.39 is 0 Å². The van der Waals surface area contributed by atoms with E-state index in [-0.39, 0.29) is 22.3 Å². The van der Waals surface area contributed by atoms with Gasteiger partial charge in [-0.15, -0.1) is 0 Å². The summed E-state index contributed by atoms with van der Waals surface area (Å²) in [6.45, 7) is 15.2. The molecule has 1 rings (SSSR count). The van der Waals surface area contributed by atoms with Gasteiger partial charge in [-0.25, -0.2) is 0 Å². The van der Waals surface area contributed by atoms with Gasteiger partial charge in [-0.3, -0.25) is 0 Å². The first-order valence-electron chi connectivity index (χ1n) is 14.7. The minimum Gasteiger partial charge on any atom is -0.508 e. The molecule has 0 aliphatic heterocycles. The van der Waals surface area contributed by atoms with Gasteiger partial charge in [-0.05, 0) is 35.9 Å². The van der Waals surface area contributed by atoms with Crippen molar-refractivity contribution in [3.05, 3.63) is 23.3 Å². The van der Waals surface area contributed by atoms with Crippen LogP contribution in [-0.2, 0) is 10.8 Å². The highest BCUT2D eigenvalue weighted by Crippen LogP contribution is 2.39. The first kappa shape index (κ1) is 33.8. The molecule has 0 aromatic heterocycles. The molecule has 4 N–H and O–H groups in total. The normalized spacial score (nSPS) is 11.9. The van der Waals surface area contributed by atoms with Gasteiger partial charge in [0.1, 0.15) is 11.5 Å². The Kier molecular flexibility index (Phi) is 18.3. The minimum atomic E-state index is -0.169. The van der Waals surface area contributed by atoms with Gasteiger partial charge in [0, 0.05) is 11.1 Å². The lowest BCUT2D eigenvalue weighted by molar-refractivity contribution is 0.419. The molecule has 1 aromatic rings. The Morgan fingerprint density at radius 3 is 1.00 bits per heavy atom. The smallest absolute Gasteiger partial charge is 0.119 e. The van der Waals surface area contributed by atoms with Crippen LogP contribution in [0.15, 0.2) is 12.1 Å². The van der Waals surface area contributed by atoms with Gasteiger partial charge in [0.25, 0.3) is 0 Å². The quantitative estimate of drug-likeness (QED) is 0.159. The van der Waals surface area contributed by atoms with Gasteiger partial charge < -0.3 is 15.9 Å². The van der Waals surface area contributed by atoms with Crippen molar-refractivity contribution in [2.45, 2.75) is 162 Å². The molecule has 0 aliphatic carbocycles. The predicted molar refractivity (Wildman–Crippen MR) is 156 cm³/mol. The summed E-state index contributed by atoms with van der Waals surface area (Å²) in [5.74, 6) is 0.519. The highest BCUT2D eigenvalue weighted by Gasteiger charge is 2.24. The number of nitrogens with two attached hydrogens (primary N) is 1. The molecule has 35 heavy (non-hydrogen) atoms. The summed E-state index contributed by atoms with van der Waals surface area (Å²) in [6.07, 6.45) is 22.9. The summed E-state index contributed by atoms with van der Waals surface area (Å²) >= 11 is 0. The average Bonchev–Trinajstić information content (AvgIpc) is 2.77. The molecule has 0 saturated heterocycles. The maximum atomic E-state index is 10.0. The molecule has 3 nitrogen and oxygen atoms in total. The van der Waals surface area contributed by atoms with Crippen molar-refractivity contribution in [2.24, 2.45) is 5.73 Å². The lowest BCUT2D eigenvalue weighted by Crippen LogP contribution is -2.15. The van der Waals surface area contributed by atoms with Crippen molar-refractivity contribution >= 4 is 0 Å². The topological polar surface area (TPSA) is 66.5 Å².